The summed E-state index contributed by atoms with van der Waals surface area (Å²) in [5.41, 5.74) is 8.40. The Morgan fingerprint density at radius 3 is 2.68 bits per heavy atom. The van der Waals surface area contributed by atoms with Crippen molar-refractivity contribution in [1.29, 1.82) is 10.7 Å². The zero-order valence-electron chi connectivity index (χ0n) is 14.4. The molecule has 0 fully saturated rings. The normalized spacial score (nSPS) is 19.8. The van der Waals surface area contributed by atoms with Gasteiger partial charge in [0.2, 0.25) is 12.7 Å². The van der Waals surface area contributed by atoms with Crippen LogP contribution in [0.4, 0.5) is 5.69 Å². The summed E-state index contributed by atoms with van der Waals surface area (Å²) >= 11 is 6.53. The molecule has 5 rings (SSSR count). The fraction of sp³-hybridized carbons (Fsp3) is 0.150. The fourth-order valence-electron chi connectivity index (χ4n) is 3.66. The maximum atomic E-state index is 9.71. The third kappa shape index (κ3) is 2.42. The van der Waals surface area contributed by atoms with Crippen LogP contribution in [0.1, 0.15) is 17.0 Å². The van der Waals surface area contributed by atoms with E-state index in [-0.39, 0.29) is 17.8 Å². The van der Waals surface area contributed by atoms with Gasteiger partial charge in [0.15, 0.2) is 11.5 Å². The predicted octanol–water partition coefficient (Wildman–Crippen LogP) is 3.84. The number of aromatic nitrogens is 1. The van der Waals surface area contributed by atoms with Gasteiger partial charge in [0, 0.05) is 34.7 Å². The molecule has 8 heteroatoms. The van der Waals surface area contributed by atoms with Crippen LogP contribution in [0.5, 0.6) is 17.2 Å². The van der Waals surface area contributed by atoms with E-state index >= 15 is 0 Å². The number of nitrogen functional groups attached to an aromatic ring is 1. The standard InChI is InChI=1S/C20H13ClN4O3/c21-19-12(3-9-4-16-17(27-8-26-16)6-14(9)25-19)18-11-2-1-10(23)5-15(11)28-20(24)13(18)7-22/h1-6,13,18,24H,8,23H2. The van der Waals surface area contributed by atoms with Crippen LogP contribution in [0.3, 0.4) is 0 Å². The maximum absolute atomic E-state index is 9.71. The van der Waals surface area contributed by atoms with E-state index in [0.29, 0.717) is 34.0 Å². The molecule has 2 aromatic carbocycles. The SMILES string of the molecule is N#CC1C(=N)Oc2cc(N)ccc2C1c1cc2cc3c(cc2nc1Cl)OCO3. The highest BCUT2D eigenvalue weighted by molar-refractivity contribution is 6.30. The summed E-state index contributed by atoms with van der Waals surface area (Å²) in [6.45, 7) is 0.161. The van der Waals surface area contributed by atoms with Gasteiger partial charge in [-0.2, -0.15) is 5.26 Å². The summed E-state index contributed by atoms with van der Waals surface area (Å²) in [7, 11) is 0. The van der Waals surface area contributed by atoms with E-state index in [0.717, 1.165) is 10.9 Å². The molecule has 2 unspecified atom stereocenters. The minimum atomic E-state index is -0.832. The molecule has 0 saturated carbocycles. The summed E-state index contributed by atoms with van der Waals surface area (Å²) in [5, 5.41) is 18.9. The predicted molar refractivity (Wildman–Crippen MR) is 103 cm³/mol. The average molecular weight is 393 g/mol. The van der Waals surface area contributed by atoms with Crippen LogP contribution in [-0.4, -0.2) is 17.7 Å². The quantitative estimate of drug-likeness (QED) is 0.480. The number of halogens is 1. The van der Waals surface area contributed by atoms with E-state index in [1.807, 2.05) is 12.1 Å². The number of fused-ring (bicyclic) bond motifs is 3. The molecule has 2 aliphatic rings. The van der Waals surface area contributed by atoms with Crippen molar-refractivity contribution in [2.45, 2.75) is 5.92 Å². The van der Waals surface area contributed by atoms with Crippen molar-refractivity contribution in [2.24, 2.45) is 5.92 Å². The van der Waals surface area contributed by atoms with Crippen LogP contribution in [0.2, 0.25) is 5.15 Å². The first kappa shape index (κ1) is 16.7. The van der Waals surface area contributed by atoms with Gasteiger partial charge in [0.05, 0.1) is 11.6 Å². The summed E-state index contributed by atoms with van der Waals surface area (Å²) in [6.07, 6.45) is 0. The smallest absolute Gasteiger partial charge is 0.231 e. The molecule has 0 spiro atoms. The van der Waals surface area contributed by atoms with Crippen molar-refractivity contribution in [1.82, 2.24) is 4.98 Å². The second-order valence-electron chi connectivity index (χ2n) is 6.61. The van der Waals surface area contributed by atoms with Crippen LogP contribution in [0.15, 0.2) is 36.4 Å². The average Bonchev–Trinajstić information content (AvgIpc) is 3.11. The van der Waals surface area contributed by atoms with Gasteiger partial charge in [-0.05, 0) is 23.8 Å². The van der Waals surface area contributed by atoms with Crippen molar-refractivity contribution >= 4 is 34.1 Å². The highest BCUT2D eigenvalue weighted by Gasteiger charge is 2.38. The number of ether oxygens (including phenoxy) is 3. The lowest BCUT2D eigenvalue weighted by Gasteiger charge is -2.30. The molecular weight excluding hydrogens is 380 g/mol. The molecule has 2 atom stereocenters. The van der Waals surface area contributed by atoms with Gasteiger partial charge < -0.3 is 19.9 Å². The number of pyridine rings is 1. The fourth-order valence-corrected chi connectivity index (χ4v) is 3.93. The molecule has 1 aromatic heterocycles. The first-order valence-corrected chi connectivity index (χ1v) is 8.88. The van der Waals surface area contributed by atoms with E-state index in [1.54, 1.807) is 24.3 Å². The Hall–Kier alpha value is -3.50. The largest absolute Gasteiger partial charge is 0.454 e. The molecule has 138 valence electrons. The summed E-state index contributed by atoms with van der Waals surface area (Å²) in [6, 6.07) is 12.8. The van der Waals surface area contributed by atoms with Gasteiger partial charge in [-0.25, -0.2) is 4.98 Å². The second-order valence-corrected chi connectivity index (χ2v) is 6.97. The number of rotatable bonds is 1. The number of hydrogen-bond donors (Lipinski definition) is 2. The van der Waals surface area contributed by atoms with E-state index in [1.165, 1.54) is 0 Å². The van der Waals surface area contributed by atoms with Crippen molar-refractivity contribution in [3.63, 3.8) is 0 Å². The summed E-state index contributed by atoms with van der Waals surface area (Å²) < 4.78 is 16.4. The molecule has 28 heavy (non-hydrogen) atoms. The van der Waals surface area contributed by atoms with Crippen LogP contribution < -0.4 is 19.9 Å². The number of nitrogens with two attached hydrogens (primary N) is 1. The Bertz CT molecular complexity index is 1200. The molecule has 2 aliphatic heterocycles. The first-order chi connectivity index (χ1) is 13.5. The maximum Gasteiger partial charge on any atom is 0.231 e. The zero-order chi connectivity index (χ0) is 19.4. The molecular formula is C20H13ClN4O3. The van der Waals surface area contributed by atoms with E-state index < -0.39 is 11.8 Å². The number of nitriles is 1. The van der Waals surface area contributed by atoms with Crippen molar-refractivity contribution < 1.29 is 14.2 Å². The Morgan fingerprint density at radius 2 is 1.89 bits per heavy atom. The van der Waals surface area contributed by atoms with E-state index in [9.17, 15) is 5.26 Å². The van der Waals surface area contributed by atoms with Crippen LogP contribution in [0, 0.1) is 22.7 Å². The third-order valence-electron chi connectivity index (χ3n) is 4.97. The van der Waals surface area contributed by atoms with Crippen molar-refractivity contribution in [3.05, 3.63) is 52.7 Å². The second kappa shape index (κ2) is 6.01. The van der Waals surface area contributed by atoms with Crippen LogP contribution >= 0.6 is 11.6 Å². The number of nitrogens with zero attached hydrogens (tertiary/aromatic N) is 2. The topological polar surface area (TPSA) is 114 Å². The van der Waals surface area contributed by atoms with Gasteiger partial charge in [0.1, 0.15) is 16.8 Å². The van der Waals surface area contributed by atoms with Crippen LogP contribution in [0.25, 0.3) is 10.9 Å². The van der Waals surface area contributed by atoms with Crippen molar-refractivity contribution in [3.8, 4) is 23.3 Å². The van der Waals surface area contributed by atoms with Gasteiger partial charge in [0.25, 0.3) is 0 Å². The van der Waals surface area contributed by atoms with Crippen molar-refractivity contribution in [2.75, 3.05) is 12.5 Å². The molecule has 0 amide bonds. The molecule has 0 aliphatic carbocycles. The highest BCUT2D eigenvalue weighted by Crippen LogP contribution is 2.46. The molecule has 0 saturated heterocycles. The molecule has 3 heterocycles. The van der Waals surface area contributed by atoms with E-state index in [4.69, 9.17) is 37.0 Å². The Kier molecular flexibility index (Phi) is 3.57. The monoisotopic (exact) mass is 392 g/mol. The zero-order valence-corrected chi connectivity index (χ0v) is 15.2. The summed E-state index contributed by atoms with van der Waals surface area (Å²) in [4.78, 5) is 4.50. The molecule has 3 aromatic rings. The van der Waals surface area contributed by atoms with Gasteiger partial charge in [-0.1, -0.05) is 17.7 Å². The Morgan fingerprint density at radius 1 is 1.11 bits per heavy atom. The molecule has 3 N–H and O–H groups in total. The number of anilines is 1. The van der Waals surface area contributed by atoms with Gasteiger partial charge in [-0.3, -0.25) is 5.41 Å². The lowest BCUT2D eigenvalue weighted by atomic mass is 9.79. The molecule has 0 bridgehead atoms. The minimum absolute atomic E-state index is 0.146. The number of nitrogens with one attached hydrogen (secondary N) is 1. The molecule has 0 radical (unpaired) electrons. The van der Waals surface area contributed by atoms with Gasteiger partial charge in [-0.15, -0.1) is 0 Å². The molecule has 7 nitrogen and oxygen atoms in total. The van der Waals surface area contributed by atoms with E-state index in [2.05, 4.69) is 11.1 Å². The van der Waals surface area contributed by atoms with Crippen LogP contribution in [-0.2, 0) is 0 Å². The Labute approximate surface area is 164 Å². The van der Waals surface area contributed by atoms with Gasteiger partial charge >= 0.3 is 0 Å². The first-order valence-electron chi connectivity index (χ1n) is 8.50. The third-order valence-corrected chi connectivity index (χ3v) is 5.27. The summed E-state index contributed by atoms with van der Waals surface area (Å²) in [5.74, 6) is 0.217. The Balaban J connectivity index is 1.74. The lowest BCUT2D eigenvalue weighted by molar-refractivity contribution is 0.174. The highest BCUT2D eigenvalue weighted by atomic mass is 35.5. The number of hydrogen-bond acceptors (Lipinski definition) is 7. The lowest BCUT2D eigenvalue weighted by Crippen LogP contribution is -2.31. The minimum Gasteiger partial charge on any atom is -0.454 e. The number of benzene rings is 2.